The highest BCUT2D eigenvalue weighted by Crippen LogP contribution is 2.27. The van der Waals surface area contributed by atoms with E-state index in [1.54, 1.807) is 15.3 Å². The highest BCUT2D eigenvalue weighted by atomic mass is 16.1. The largest absolute Gasteiger partial charge is 0.308 e. The van der Waals surface area contributed by atoms with Gasteiger partial charge in [-0.25, -0.2) is 4.52 Å². The Hall–Kier alpha value is -3.66. The molecule has 27 heavy (non-hydrogen) atoms. The van der Waals surface area contributed by atoms with Gasteiger partial charge in [0.15, 0.2) is 0 Å². The van der Waals surface area contributed by atoms with Gasteiger partial charge in [0.25, 0.3) is 5.56 Å². The molecule has 0 bridgehead atoms. The van der Waals surface area contributed by atoms with E-state index in [0.717, 1.165) is 27.6 Å². The molecule has 0 aliphatic carbocycles. The number of hydrogen-bond donors (Lipinski definition) is 0. The van der Waals surface area contributed by atoms with E-state index in [4.69, 9.17) is 0 Å². The summed E-state index contributed by atoms with van der Waals surface area (Å²) in [5.74, 6) is 0. The van der Waals surface area contributed by atoms with Gasteiger partial charge in [-0.1, -0.05) is 72.8 Å². The van der Waals surface area contributed by atoms with Crippen molar-refractivity contribution in [3.63, 3.8) is 0 Å². The molecule has 0 spiro atoms. The minimum atomic E-state index is -0.0414. The lowest BCUT2D eigenvalue weighted by Gasteiger charge is -2.05. The number of hydrogen-bond acceptors (Lipinski definition) is 2. The second kappa shape index (κ2) is 6.25. The molecular formula is C23H17N3O. The van der Waals surface area contributed by atoms with Crippen LogP contribution in [-0.2, 0) is 6.54 Å². The smallest absolute Gasteiger partial charge is 0.276 e. The van der Waals surface area contributed by atoms with Crippen LogP contribution in [0.15, 0.2) is 96.1 Å². The van der Waals surface area contributed by atoms with E-state index in [0.29, 0.717) is 12.1 Å². The molecule has 0 saturated carbocycles. The van der Waals surface area contributed by atoms with Gasteiger partial charge in [-0.3, -0.25) is 4.79 Å². The maximum Gasteiger partial charge on any atom is 0.276 e. The molecule has 0 radical (unpaired) electrons. The fourth-order valence-electron chi connectivity index (χ4n) is 3.51. The predicted octanol–water partition coefficient (Wildman–Crippen LogP) is 4.36. The van der Waals surface area contributed by atoms with Crippen molar-refractivity contribution in [3.8, 4) is 11.3 Å². The zero-order valence-electron chi connectivity index (χ0n) is 14.6. The van der Waals surface area contributed by atoms with E-state index >= 15 is 0 Å². The summed E-state index contributed by atoms with van der Waals surface area (Å²) in [7, 11) is 0. The third kappa shape index (κ3) is 2.72. The second-order valence-corrected chi connectivity index (χ2v) is 6.60. The van der Waals surface area contributed by atoms with Crippen LogP contribution >= 0.6 is 0 Å². The molecule has 2 aromatic heterocycles. The average molecular weight is 351 g/mol. The lowest BCUT2D eigenvalue weighted by Crippen LogP contribution is -2.21. The Balaban J connectivity index is 1.64. The number of aromatic nitrogens is 3. The molecule has 0 fully saturated rings. The lowest BCUT2D eigenvalue weighted by atomic mass is 10.0. The number of rotatable bonds is 3. The van der Waals surface area contributed by atoms with E-state index in [-0.39, 0.29) is 5.56 Å². The van der Waals surface area contributed by atoms with Crippen LogP contribution in [0.4, 0.5) is 0 Å². The minimum Gasteiger partial charge on any atom is -0.308 e. The number of benzene rings is 3. The van der Waals surface area contributed by atoms with Gasteiger partial charge in [0, 0.05) is 18.0 Å². The molecule has 0 unspecified atom stereocenters. The first-order chi connectivity index (χ1) is 13.3. The van der Waals surface area contributed by atoms with Gasteiger partial charge in [0.05, 0.1) is 12.2 Å². The van der Waals surface area contributed by atoms with Gasteiger partial charge in [0.1, 0.15) is 5.52 Å². The fourth-order valence-corrected chi connectivity index (χ4v) is 3.51. The molecule has 4 heteroatoms. The zero-order valence-corrected chi connectivity index (χ0v) is 14.6. The maximum atomic E-state index is 12.9. The number of nitrogens with zero attached hydrogens (tertiary/aromatic N) is 3. The van der Waals surface area contributed by atoms with Crippen molar-refractivity contribution in [1.82, 2.24) is 14.2 Å². The van der Waals surface area contributed by atoms with Crippen LogP contribution in [0.3, 0.4) is 0 Å². The SMILES string of the molecule is O=c1c2cc(-c3cccc4ccccc34)nn2ccn1Cc1ccccc1. The molecule has 0 saturated heterocycles. The average Bonchev–Trinajstić information content (AvgIpc) is 3.15. The Morgan fingerprint density at radius 1 is 0.815 bits per heavy atom. The maximum absolute atomic E-state index is 12.9. The summed E-state index contributed by atoms with van der Waals surface area (Å²) >= 11 is 0. The van der Waals surface area contributed by atoms with E-state index in [1.165, 1.54) is 0 Å². The molecule has 3 aromatic carbocycles. The molecule has 0 atom stereocenters. The monoisotopic (exact) mass is 351 g/mol. The summed E-state index contributed by atoms with van der Waals surface area (Å²) in [6, 6.07) is 26.2. The van der Waals surface area contributed by atoms with Gasteiger partial charge < -0.3 is 4.57 Å². The minimum absolute atomic E-state index is 0.0414. The summed E-state index contributed by atoms with van der Waals surface area (Å²) in [4.78, 5) is 12.9. The summed E-state index contributed by atoms with van der Waals surface area (Å²) in [5, 5.41) is 6.94. The normalized spacial score (nSPS) is 11.3. The van der Waals surface area contributed by atoms with Crippen molar-refractivity contribution in [3.05, 3.63) is 107 Å². The molecule has 130 valence electrons. The Kier molecular flexibility index (Phi) is 3.61. The van der Waals surface area contributed by atoms with Gasteiger partial charge in [-0.15, -0.1) is 0 Å². The number of fused-ring (bicyclic) bond motifs is 2. The van der Waals surface area contributed by atoms with Crippen LogP contribution in [0.5, 0.6) is 0 Å². The first kappa shape index (κ1) is 15.6. The molecule has 5 aromatic rings. The van der Waals surface area contributed by atoms with Crippen molar-refractivity contribution in [2.75, 3.05) is 0 Å². The topological polar surface area (TPSA) is 39.3 Å². The van der Waals surface area contributed by atoms with Crippen LogP contribution < -0.4 is 5.56 Å². The van der Waals surface area contributed by atoms with Crippen molar-refractivity contribution >= 4 is 16.3 Å². The third-order valence-corrected chi connectivity index (χ3v) is 4.86. The van der Waals surface area contributed by atoms with E-state index in [2.05, 4.69) is 23.3 Å². The Morgan fingerprint density at radius 3 is 2.48 bits per heavy atom. The van der Waals surface area contributed by atoms with E-state index in [1.807, 2.05) is 66.9 Å². The second-order valence-electron chi connectivity index (χ2n) is 6.60. The van der Waals surface area contributed by atoms with Gasteiger partial charge in [-0.2, -0.15) is 5.10 Å². The fraction of sp³-hybridized carbons (Fsp3) is 0.0435. The summed E-state index contributed by atoms with van der Waals surface area (Å²) in [6.45, 7) is 0.547. The molecule has 2 heterocycles. The van der Waals surface area contributed by atoms with Crippen molar-refractivity contribution in [2.45, 2.75) is 6.54 Å². The third-order valence-electron chi connectivity index (χ3n) is 4.86. The summed E-state index contributed by atoms with van der Waals surface area (Å²) in [5.41, 5.74) is 3.47. The van der Waals surface area contributed by atoms with Gasteiger partial charge >= 0.3 is 0 Å². The molecule has 0 aliphatic heterocycles. The van der Waals surface area contributed by atoms with E-state index in [9.17, 15) is 4.79 Å². The standard InChI is InChI=1S/C23H17N3O/c27-23-22-15-21(20-12-6-10-18-9-4-5-11-19(18)20)24-26(22)14-13-25(23)16-17-7-2-1-3-8-17/h1-15H,16H2. The molecule has 4 nitrogen and oxygen atoms in total. The molecular weight excluding hydrogens is 334 g/mol. The summed E-state index contributed by atoms with van der Waals surface area (Å²) < 4.78 is 3.39. The Labute approximate surface area is 155 Å². The van der Waals surface area contributed by atoms with Gasteiger partial charge in [-0.05, 0) is 22.4 Å². The zero-order chi connectivity index (χ0) is 18.2. The highest BCUT2D eigenvalue weighted by Gasteiger charge is 2.11. The first-order valence-electron chi connectivity index (χ1n) is 8.90. The Bertz CT molecular complexity index is 1310. The van der Waals surface area contributed by atoms with Crippen LogP contribution in [-0.4, -0.2) is 14.2 Å². The van der Waals surface area contributed by atoms with Crippen LogP contribution in [0.1, 0.15) is 5.56 Å². The van der Waals surface area contributed by atoms with E-state index < -0.39 is 0 Å². The van der Waals surface area contributed by atoms with Crippen LogP contribution in [0.25, 0.3) is 27.5 Å². The van der Waals surface area contributed by atoms with Crippen LogP contribution in [0, 0.1) is 0 Å². The molecule has 0 N–H and O–H groups in total. The molecule has 0 aliphatic rings. The van der Waals surface area contributed by atoms with Crippen molar-refractivity contribution < 1.29 is 0 Å². The first-order valence-corrected chi connectivity index (χ1v) is 8.90. The quantitative estimate of drug-likeness (QED) is 0.484. The lowest BCUT2D eigenvalue weighted by molar-refractivity contribution is 0.743. The van der Waals surface area contributed by atoms with Crippen LogP contribution in [0.2, 0.25) is 0 Å². The predicted molar refractivity (Wildman–Crippen MR) is 108 cm³/mol. The van der Waals surface area contributed by atoms with Crippen molar-refractivity contribution in [2.24, 2.45) is 0 Å². The highest BCUT2D eigenvalue weighted by molar-refractivity contribution is 5.96. The molecule has 0 amide bonds. The van der Waals surface area contributed by atoms with Gasteiger partial charge in [0.2, 0.25) is 0 Å². The summed E-state index contributed by atoms with van der Waals surface area (Å²) in [6.07, 6.45) is 3.64. The van der Waals surface area contributed by atoms with Crippen molar-refractivity contribution in [1.29, 1.82) is 0 Å². The Morgan fingerprint density at radius 2 is 1.59 bits per heavy atom. The molecule has 5 rings (SSSR count).